The van der Waals surface area contributed by atoms with E-state index in [0.29, 0.717) is 18.0 Å². The van der Waals surface area contributed by atoms with E-state index < -0.39 is 0 Å². The number of carbonyl (C=O) groups excluding carboxylic acids is 1. The minimum absolute atomic E-state index is 0. The molecule has 2 N–H and O–H groups in total. The van der Waals surface area contributed by atoms with E-state index in [0.717, 1.165) is 0 Å². The Morgan fingerprint density at radius 2 is 2.33 bits per heavy atom. The highest BCUT2D eigenvalue weighted by Gasteiger charge is 2.29. The summed E-state index contributed by atoms with van der Waals surface area (Å²) in [5.74, 6) is -0.105. The third-order valence-electron chi connectivity index (χ3n) is 3.28. The SMILES string of the molecule is COC(CN)CC(=O)N1CC(C)Oc2cc(F)ccc21.Cl. The van der Waals surface area contributed by atoms with Crippen LogP contribution < -0.4 is 15.4 Å². The van der Waals surface area contributed by atoms with Crippen molar-refractivity contribution in [1.82, 2.24) is 0 Å². The molecule has 5 nitrogen and oxygen atoms in total. The quantitative estimate of drug-likeness (QED) is 0.918. The van der Waals surface area contributed by atoms with Crippen molar-refractivity contribution in [2.24, 2.45) is 5.73 Å². The van der Waals surface area contributed by atoms with Gasteiger partial charge >= 0.3 is 0 Å². The molecule has 0 aromatic heterocycles. The molecule has 2 rings (SSSR count). The van der Waals surface area contributed by atoms with Gasteiger partial charge < -0.3 is 20.1 Å². The minimum atomic E-state index is -0.387. The zero-order valence-electron chi connectivity index (χ0n) is 12.0. The largest absolute Gasteiger partial charge is 0.487 e. The van der Waals surface area contributed by atoms with Crippen molar-refractivity contribution in [1.29, 1.82) is 0 Å². The van der Waals surface area contributed by atoms with Crippen molar-refractivity contribution < 1.29 is 18.7 Å². The molecule has 1 aliphatic heterocycles. The molecule has 0 saturated heterocycles. The highest BCUT2D eigenvalue weighted by Crippen LogP contribution is 2.34. The highest BCUT2D eigenvalue weighted by atomic mass is 35.5. The van der Waals surface area contributed by atoms with Gasteiger partial charge in [0.25, 0.3) is 0 Å². The summed E-state index contributed by atoms with van der Waals surface area (Å²) < 4.78 is 23.9. The summed E-state index contributed by atoms with van der Waals surface area (Å²) in [6.45, 7) is 2.54. The van der Waals surface area contributed by atoms with Crippen molar-refractivity contribution in [3.05, 3.63) is 24.0 Å². The average molecular weight is 319 g/mol. The average Bonchev–Trinajstić information content (AvgIpc) is 2.43. The van der Waals surface area contributed by atoms with Crippen LogP contribution in [0.4, 0.5) is 10.1 Å². The summed E-state index contributed by atoms with van der Waals surface area (Å²) in [5, 5.41) is 0. The maximum absolute atomic E-state index is 13.2. The van der Waals surface area contributed by atoms with E-state index in [9.17, 15) is 9.18 Å². The molecule has 0 saturated carbocycles. The fourth-order valence-corrected chi connectivity index (χ4v) is 2.22. The standard InChI is InChI=1S/C14H19FN2O3.ClH/c1-9-8-17(14(18)6-11(7-16)19-2)12-4-3-10(15)5-13(12)20-9;/h3-5,9,11H,6-8,16H2,1-2H3;1H. The second-order valence-electron chi connectivity index (χ2n) is 4.84. The van der Waals surface area contributed by atoms with Crippen LogP contribution in [-0.4, -0.2) is 38.3 Å². The smallest absolute Gasteiger partial charge is 0.229 e. The van der Waals surface area contributed by atoms with E-state index in [4.69, 9.17) is 15.2 Å². The molecule has 0 fully saturated rings. The first-order valence-electron chi connectivity index (χ1n) is 6.54. The molecular weight excluding hydrogens is 299 g/mol. The molecule has 118 valence electrons. The van der Waals surface area contributed by atoms with E-state index in [1.54, 1.807) is 11.0 Å². The van der Waals surface area contributed by atoms with Gasteiger partial charge in [-0.25, -0.2) is 4.39 Å². The lowest BCUT2D eigenvalue weighted by atomic mass is 10.1. The van der Waals surface area contributed by atoms with Crippen molar-refractivity contribution in [3.63, 3.8) is 0 Å². The predicted octanol–water partition coefficient (Wildman–Crippen LogP) is 1.73. The maximum Gasteiger partial charge on any atom is 0.229 e. The lowest BCUT2D eigenvalue weighted by Gasteiger charge is -2.34. The van der Waals surface area contributed by atoms with E-state index in [1.165, 1.54) is 19.2 Å². The number of nitrogens with two attached hydrogens (primary N) is 1. The Balaban J connectivity index is 0.00000220. The molecule has 0 spiro atoms. The summed E-state index contributed by atoms with van der Waals surface area (Å²) in [7, 11) is 1.52. The number of rotatable bonds is 4. The van der Waals surface area contributed by atoms with Crippen molar-refractivity contribution in [3.8, 4) is 5.75 Å². The summed E-state index contributed by atoms with van der Waals surface area (Å²) in [6, 6.07) is 4.16. The van der Waals surface area contributed by atoms with Crippen LogP contribution >= 0.6 is 12.4 Å². The Morgan fingerprint density at radius 3 is 2.95 bits per heavy atom. The molecule has 1 aromatic rings. The molecule has 7 heteroatoms. The molecular formula is C14H20ClFN2O3. The number of hydrogen-bond donors (Lipinski definition) is 1. The zero-order valence-corrected chi connectivity index (χ0v) is 12.9. The van der Waals surface area contributed by atoms with Crippen LogP contribution in [0.25, 0.3) is 0 Å². The van der Waals surface area contributed by atoms with Gasteiger partial charge in [-0.3, -0.25) is 4.79 Å². The zero-order chi connectivity index (χ0) is 14.7. The van der Waals surface area contributed by atoms with Crippen LogP contribution in [0.2, 0.25) is 0 Å². The van der Waals surface area contributed by atoms with E-state index in [1.807, 2.05) is 6.92 Å². The summed E-state index contributed by atoms with van der Waals surface area (Å²) >= 11 is 0. The molecule has 1 aromatic carbocycles. The molecule has 1 aliphatic rings. The number of hydrogen-bond acceptors (Lipinski definition) is 4. The van der Waals surface area contributed by atoms with Crippen LogP contribution in [0.3, 0.4) is 0 Å². The molecule has 0 aliphatic carbocycles. The molecule has 21 heavy (non-hydrogen) atoms. The second kappa shape index (κ2) is 7.59. The topological polar surface area (TPSA) is 64.8 Å². The molecule has 1 amide bonds. The molecule has 0 bridgehead atoms. The molecule has 0 radical (unpaired) electrons. The number of amides is 1. The van der Waals surface area contributed by atoms with Gasteiger partial charge in [0.05, 0.1) is 24.8 Å². The van der Waals surface area contributed by atoms with E-state index >= 15 is 0 Å². The number of benzene rings is 1. The third-order valence-corrected chi connectivity index (χ3v) is 3.28. The maximum atomic E-state index is 13.2. The molecule has 2 unspecified atom stereocenters. The van der Waals surface area contributed by atoms with Crippen molar-refractivity contribution in [2.45, 2.75) is 25.6 Å². The monoisotopic (exact) mass is 318 g/mol. The Labute approximate surface area is 129 Å². The van der Waals surface area contributed by atoms with Gasteiger partial charge in [0.2, 0.25) is 5.91 Å². The number of anilines is 1. The Morgan fingerprint density at radius 1 is 1.62 bits per heavy atom. The fraction of sp³-hybridized carbons (Fsp3) is 0.500. The number of fused-ring (bicyclic) bond motifs is 1. The van der Waals surface area contributed by atoms with Crippen molar-refractivity contribution >= 4 is 24.0 Å². The Bertz CT molecular complexity index is 497. The van der Waals surface area contributed by atoms with Gasteiger partial charge in [-0.05, 0) is 19.1 Å². The van der Waals surface area contributed by atoms with Crippen LogP contribution in [0, 0.1) is 5.82 Å². The Kier molecular flexibility index (Phi) is 6.39. The predicted molar refractivity (Wildman–Crippen MR) is 80.6 cm³/mol. The normalized spacial score (nSPS) is 18.3. The Hall–Kier alpha value is -1.37. The van der Waals surface area contributed by atoms with Crippen LogP contribution in [-0.2, 0) is 9.53 Å². The first-order chi connectivity index (χ1) is 9.55. The van der Waals surface area contributed by atoms with Gasteiger partial charge in [-0.1, -0.05) is 0 Å². The molecule has 2 atom stereocenters. The highest BCUT2D eigenvalue weighted by molar-refractivity contribution is 5.95. The number of carbonyl (C=O) groups is 1. The van der Waals surface area contributed by atoms with Crippen molar-refractivity contribution in [2.75, 3.05) is 25.1 Å². The lowest BCUT2D eigenvalue weighted by Crippen LogP contribution is -2.44. The van der Waals surface area contributed by atoms with Crippen LogP contribution in [0.5, 0.6) is 5.75 Å². The van der Waals surface area contributed by atoms with Gasteiger partial charge in [-0.2, -0.15) is 0 Å². The van der Waals surface area contributed by atoms with E-state index in [-0.39, 0.29) is 49.3 Å². The van der Waals surface area contributed by atoms with E-state index in [2.05, 4.69) is 0 Å². The minimum Gasteiger partial charge on any atom is -0.487 e. The first kappa shape index (κ1) is 17.7. The third kappa shape index (κ3) is 4.06. The summed E-state index contributed by atoms with van der Waals surface area (Å²) in [6.07, 6.45) is -0.312. The number of ether oxygens (including phenoxy) is 2. The number of methoxy groups -OCH3 is 1. The van der Waals surface area contributed by atoms with Gasteiger partial charge in [0.15, 0.2) is 0 Å². The summed E-state index contributed by atoms with van der Waals surface area (Å²) in [5.41, 5.74) is 6.12. The van der Waals surface area contributed by atoms with Gasteiger partial charge in [0, 0.05) is 19.7 Å². The van der Waals surface area contributed by atoms with Crippen LogP contribution in [0.1, 0.15) is 13.3 Å². The first-order valence-corrected chi connectivity index (χ1v) is 6.54. The lowest BCUT2D eigenvalue weighted by molar-refractivity contribution is -0.121. The van der Waals surface area contributed by atoms with Gasteiger partial charge in [-0.15, -0.1) is 12.4 Å². The van der Waals surface area contributed by atoms with Crippen LogP contribution in [0.15, 0.2) is 18.2 Å². The van der Waals surface area contributed by atoms with Gasteiger partial charge in [0.1, 0.15) is 17.7 Å². The summed E-state index contributed by atoms with van der Waals surface area (Å²) in [4.78, 5) is 14.0. The number of nitrogens with zero attached hydrogens (tertiary/aromatic N) is 1. The second-order valence-corrected chi connectivity index (χ2v) is 4.84. The number of halogens is 2. The molecule has 1 heterocycles. The fourth-order valence-electron chi connectivity index (χ4n) is 2.22.